The Balaban J connectivity index is 1.48. The fourth-order valence-corrected chi connectivity index (χ4v) is 9.22. The first-order chi connectivity index (χ1) is 14.2. The van der Waals surface area contributed by atoms with Gasteiger partial charge >= 0.3 is 0 Å². The Morgan fingerprint density at radius 2 is 1.73 bits per heavy atom. The first-order valence-electron chi connectivity index (χ1n) is 13.4. The van der Waals surface area contributed by atoms with Crippen LogP contribution in [0.15, 0.2) is 11.6 Å². The third-order valence-electron chi connectivity index (χ3n) is 11.2. The molecule has 4 aliphatic rings. The van der Waals surface area contributed by atoms with E-state index in [4.69, 9.17) is 0 Å². The molecular formula is C29H48O. The van der Waals surface area contributed by atoms with Crippen LogP contribution < -0.4 is 0 Å². The normalized spacial score (nSPS) is 42.9. The molecule has 0 unspecified atom stereocenters. The molecule has 0 aliphatic heterocycles. The molecular weight excluding hydrogens is 364 g/mol. The van der Waals surface area contributed by atoms with Gasteiger partial charge in [-0.1, -0.05) is 60.0 Å². The number of hydrogen-bond acceptors (Lipinski definition) is 1. The van der Waals surface area contributed by atoms with Crippen molar-refractivity contribution in [2.75, 3.05) is 0 Å². The van der Waals surface area contributed by atoms with E-state index < -0.39 is 0 Å². The van der Waals surface area contributed by atoms with Crippen LogP contribution >= 0.6 is 0 Å². The second kappa shape index (κ2) is 8.40. The highest BCUT2D eigenvalue weighted by Crippen LogP contribution is 2.67. The standard InChI is InChI=1S/C29H48O/c1-7-21(19(2)3)9-8-20(4)25-12-13-26-24-11-10-22-18-23(30)14-16-28(22,5)27(24)15-17-29(25,26)6/h18-21,24-27H,7-17H2,1-6H3/t20-,21-,24-,25-,26-,27+,28-,29-/m1/s1. The van der Waals surface area contributed by atoms with Crippen LogP contribution in [0.25, 0.3) is 0 Å². The average molecular weight is 413 g/mol. The van der Waals surface area contributed by atoms with Crippen LogP contribution in [-0.2, 0) is 4.79 Å². The minimum atomic E-state index is 0.327. The monoisotopic (exact) mass is 412 g/mol. The van der Waals surface area contributed by atoms with Crippen molar-refractivity contribution in [3.05, 3.63) is 11.6 Å². The topological polar surface area (TPSA) is 17.1 Å². The Bertz CT molecular complexity index is 674. The maximum Gasteiger partial charge on any atom is 0.155 e. The Labute approximate surface area is 186 Å². The van der Waals surface area contributed by atoms with E-state index in [1.54, 1.807) is 0 Å². The molecule has 3 saturated carbocycles. The van der Waals surface area contributed by atoms with Gasteiger partial charge in [-0.15, -0.1) is 0 Å². The van der Waals surface area contributed by atoms with E-state index in [1.807, 2.05) is 0 Å². The molecule has 4 aliphatic carbocycles. The number of allylic oxidation sites excluding steroid dienone is 1. The van der Waals surface area contributed by atoms with Crippen LogP contribution in [0, 0.1) is 52.3 Å². The van der Waals surface area contributed by atoms with Gasteiger partial charge < -0.3 is 0 Å². The highest BCUT2D eigenvalue weighted by Gasteiger charge is 2.59. The highest BCUT2D eigenvalue weighted by molar-refractivity contribution is 5.91. The lowest BCUT2D eigenvalue weighted by Crippen LogP contribution is -2.51. The van der Waals surface area contributed by atoms with Crippen molar-refractivity contribution in [2.45, 2.75) is 112 Å². The molecule has 0 saturated heterocycles. The zero-order chi connectivity index (χ0) is 21.7. The fraction of sp³-hybridized carbons (Fsp3) is 0.897. The number of rotatable bonds is 6. The predicted octanol–water partition coefficient (Wildman–Crippen LogP) is 8.23. The third kappa shape index (κ3) is 3.65. The lowest BCUT2D eigenvalue weighted by Gasteiger charge is -2.58. The van der Waals surface area contributed by atoms with Gasteiger partial charge in [0.1, 0.15) is 0 Å². The van der Waals surface area contributed by atoms with Crippen molar-refractivity contribution in [3.8, 4) is 0 Å². The van der Waals surface area contributed by atoms with Crippen LogP contribution in [0.5, 0.6) is 0 Å². The van der Waals surface area contributed by atoms with Crippen LogP contribution in [0.2, 0.25) is 0 Å². The third-order valence-corrected chi connectivity index (χ3v) is 11.2. The molecule has 0 aromatic carbocycles. The molecule has 0 aromatic rings. The van der Waals surface area contributed by atoms with Crippen molar-refractivity contribution in [1.29, 1.82) is 0 Å². The average Bonchev–Trinajstić information content (AvgIpc) is 3.06. The van der Waals surface area contributed by atoms with Gasteiger partial charge in [-0.3, -0.25) is 4.79 Å². The summed E-state index contributed by atoms with van der Waals surface area (Å²) >= 11 is 0. The van der Waals surface area contributed by atoms with E-state index in [0.29, 0.717) is 16.6 Å². The molecule has 170 valence electrons. The Kier molecular flexibility index (Phi) is 6.33. The molecule has 0 heterocycles. The molecule has 0 aromatic heterocycles. The second-order valence-corrected chi connectivity index (χ2v) is 12.7. The number of carbonyl (C=O) groups excluding carboxylic acids is 1. The van der Waals surface area contributed by atoms with E-state index in [2.05, 4.69) is 47.6 Å². The van der Waals surface area contributed by atoms with Gasteiger partial charge in [0.2, 0.25) is 0 Å². The molecule has 0 radical (unpaired) electrons. The summed E-state index contributed by atoms with van der Waals surface area (Å²) in [6.45, 7) is 15.0. The SMILES string of the molecule is CC[C@H](CC[C@@H](C)[C@H]1CC[C@@H]2[C@H]3CCC4=CC(=O)CC[C@@]4(C)[C@H]3CC[C@@]21C)C(C)C. The summed E-state index contributed by atoms with van der Waals surface area (Å²) in [5.41, 5.74) is 2.42. The molecule has 30 heavy (non-hydrogen) atoms. The highest BCUT2D eigenvalue weighted by atomic mass is 16.1. The van der Waals surface area contributed by atoms with Gasteiger partial charge in [-0.25, -0.2) is 0 Å². The molecule has 1 heteroatoms. The van der Waals surface area contributed by atoms with Crippen molar-refractivity contribution >= 4 is 5.78 Å². The second-order valence-electron chi connectivity index (χ2n) is 12.7. The number of fused-ring (bicyclic) bond motifs is 5. The molecule has 1 nitrogen and oxygen atoms in total. The minimum Gasteiger partial charge on any atom is -0.295 e. The van der Waals surface area contributed by atoms with Crippen molar-refractivity contribution in [1.82, 2.24) is 0 Å². The largest absolute Gasteiger partial charge is 0.295 e. The van der Waals surface area contributed by atoms with Gasteiger partial charge in [0.05, 0.1) is 0 Å². The van der Waals surface area contributed by atoms with Gasteiger partial charge in [0, 0.05) is 6.42 Å². The Morgan fingerprint density at radius 1 is 0.967 bits per heavy atom. The zero-order valence-corrected chi connectivity index (χ0v) is 20.8. The van der Waals surface area contributed by atoms with E-state index in [0.717, 1.165) is 54.3 Å². The van der Waals surface area contributed by atoms with Gasteiger partial charge in [0.15, 0.2) is 5.78 Å². The number of ketones is 1. The molecule has 0 spiro atoms. The molecule has 0 bridgehead atoms. The zero-order valence-electron chi connectivity index (χ0n) is 20.8. The van der Waals surface area contributed by atoms with Crippen LogP contribution in [0.1, 0.15) is 112 Å². The molecule has 4 rings (SSSR count). The summed E-state index contributed by atoms with van der Waals surface area (Å²) in [5, 5.41) is 0. The number of carbonyl (C=O) groups is 1. The summed E-state index contributed by atoms with van der Waals surface area (Å²) in [7, 11) is 0. The van der Waals surface area contributed by atoms with Gasteiger partial charge in [0.25, 0.3) is 0 Å². The summed E-state index contributed by atoms with van der Waals surface area (Å²) in [6.07, 6.45) is 16.5. The summed E-state index contributed by atoms with van der Waals surface area (Å²) in [4.78, 5) is 12.1. The number of hydrogen-bond donors (Lipinski definition) is 0. The predicted molar refractivity (Wildman–Crippen MR) is 127 cm³/mol. The molecule has 0 amide bonds. The summed E-state index contributed by atoms with van der Waals surface area (Å²) < 4.78 is 0. The van der Waals surface area contributed by atoms with E-state index in [-0.39, 0.29) is 0 Å². The Morgan fingerprint density at radius 3 is 2.43 bits per heavy atom. The lowest BCUT2D eigenvalue weighted by atomic mass is 9.46. The van der Waals surface area contributed by atoms with Gasteiger partial charge in [-0.2, -0.15) is 0 Å². The van der Waals surface area contributed by atoms with E-state index >= 15 is 0 Å². The minimum absolute atomic E-state index is 0.327. The summed E-state index contributed by atoms with van der Waals surface area (Å²) in [5.74, 6) is 6.63. The molecule has 3 fully saturated rings. The van der Waals surface area contributed by atoms with Crippen molar-refractivity contribution in [2.24, 2.45) is 52.3 Å². The maximum atomic E-state index is 12.1. The smallest absolute Gasteiger partial charge is 0.155 e. The van der Waals surface area contributed by atoms with Crippen LogP contribution in [0.4, 0.5) is 0 Å². The maximum absolute atomic E-state index is 12.1. The quantitative estimate of drug-likeness (QED) is 0.429. The van der Waals surface area contributed by atoms with E-state index in [9.17, 15) is 4.79 Å². The molecule has 0 N–H and O–H groups in total. The lowest BCUT2D eigenvalue weighted by molar-refractivity contribution is -0.117. The van der Waals surface area contributed by atoms with Gasteiger partial charge in [-0.05, 0) is 110 Å². The van der Waals surface area contributed by atoms with Crippen molar-refractivity contribution < 1.29 is 4.79 Å². The van der Waals surface area contributed by atoms with E-state index in [1.165, 1.54) is 63.4 Å². The Hall–Kier alpha value is -0.590. The summed E-state index contributed by atoms with van der Waals surface area (Å²) in [6, 6.07) is 0. The van der Waals surface area contributed by atoms with Crippen LogP contribution in [0.3, 0.4) is 0 Å². The first kappa shape index (κ1) is 22.6. The van der Waals surface area contributed by atoms with Crippen molar-refractivity contribution in [3.63, 3.8) is 0 Å². The molecule has 8 atom stereocenters. The van der Waals surface area contributed by atoms with Crippen LogP contribution in [-0.4, -0.2) is 5.78 Å². The first-order valence-corrected chi connectivity index (χ1v) is 13.4. The fourth-order valence-electron chi connectivity index (χ4n) is 9.22.